The van der Waals surface area contributed by atoms with Gasteiger partial charge in [0.05, 0.1) is 0 Å². The summed E-state index contributed by atoms with van der Waals surface area (Å²) in [4.78, 5) is 0. The molecule has 0 saturated heterocycles. The van der Waals surface area contributed by atoms with Gasteiger partial charge < -0.3 is 0 Å². The maximum Gasteiger partial charge on any atom is -0.147 e. The third-order valence-corrected chi connectivity index (χ3v) is 6.30. The largest absolute Gasteiger partial charge is 0.147 e. The Balaban J connectivity index is 0.00000162. The third kappa shape index (κ3) is 3.55. The Hall–Kier alpha value is 0.423. The molecule has 0 nitrogen and oxygen atoms in total. The number of hydrogen-bond acceptors (Lipinski definition) is 0. The van der Waals surface area contributed by atoms with Crippen LogP contribution >= 0.6 is 24.8 Å². The van der Waals surface area contributed by atoms with E-state index in [1.165, 1.54) is 0 Å². The van der Waals surface area contributed by atoms with Crippen molar-refractivity contribution in [1.29, 1.82) is 0 Å². The van der Waals surface area contributed by atoms with Crippen molar-refractivity contribution in [3.8, 4) is 0 Å². The molecule has 0 aromatic rings. The zero-order valence-corrected chi connectivity index (χ0v) is 16.2. The summed E-state index contributed by atoms with van der Waals surface area (Å²) >= 11 is 1.62. The monoisotopic (exact) mass is 375 g/mol. The van der Waals surface area contributed by atoms with Crippen LogP contribution in [0, 0.1) is 11.8 Å². The van der Waals surface area contributed by atoms with Gasteiger partial charge in [-0.15, -0.1) is 24.8 Å². The molecule has 0 amide bonds. The van der Waals surface area contributed by atoms with Gasteiger partial charge >= 0.3 is 121 Å². The molecule has 105 valence electrons. The van der Waals surface area contributed by atoms with E-state index in [9.17, 15) is 0 Å². The first kappa shape index (κ1) is 19.4. The van der Waals surface area contributed by atoms with Crippen LogP contribution in [-0.4, -0.2) is 0 Å². The van der Waals surface area contributed by atoms with E-state index in [0.717, 1.165) is 6.42 Å². The van der Waals surface area contributed by atoms with E-state index < -0.39 is 0 Å². The van der Waals surface area contributed by atoms with Crippen LogP contribution in [0.5, 0.6) is 0 Å². The van der Waals surface area contributed by atoms with Crippen LogP contribution in [0.2, 0.25) is 3.12 Å². The van der Waals surface area contributed by atoms with Crippen molar-refractivity contribution >= 4 is 24.8 Å². The number of hydrogen-bond donors (Lipinski definition) is 0. The normalized spacial score (nSPS) is 24.8. The summed E-state index contributed by atoms with van der Waals surface area (Å²) in [5.41, 5.74) is 4.74. The predicted molar refractivity (Wildman–Crippen MR) is 84.9 cm³/mol. The van der Waals surface area contributed by atoms with Crippen LogP contribution in [0.25, 0.3) is 0 Å². The van der Waals surface area contributed by atoms with E-state index in [1.54, 1.807) is 41.4 Å². The minimum atomic E-state index is 0. The second-order valence-corrected chi connectivity index (χ2v) is 7.70. The van der Waals surface area contributed by atoms with Gasteiger partial charge in [-0.1, -0.05) is 0 Å². The Morgan fingerprint density at radius 1 is 1.16 bits per heavy atom. The van der Waals surface area contributed by atoms with E-state index in [2.05, 4.69) is 58.1 Å². The molecule has 1 unspecified atom stereocenters. The molecule has 0 fully saturated rings. The summed E-state index contributed by atoms with van der Waals surface area (Å²) in [6.07, 6.45) is 12.8. The molecule has 0 saturated carbocycles. The molecule has 0 spiro atoms. The predicted octanol–water partition coefficient (Wildman–Crippen LogP) is 5.60. The summed E-state index contributed by atoms with van der Waals surface area (Å²) in [6.45, 7) is 9.33. The molecule has 3 heteroatoms. The first-order valence-electron chi connectivity index (χ1n) is 6.51. The van der Waals surface area contributed by atoms with Crippen LogP contribution in [-0.2, 0) is 24.7 Å². The average molecular weight is 377 g/mol. The van der Waals surface area contributed by atoms with Gasteiger partial charge in [0.1, 0.15) is 0 Å². The van der Waals surface area contributed by atoms with E-state index >= 15 is 0 Å². The van der Waals surface area contributed by atoms with Crippen molar-refractivity contribution in [2.45, 2.75) is 37.2 Å². The number of rotatable bonds is 3. The molecule has 0 aliphatic heterocycles. The maximum absolute atomic E-state index is 2.46. The summed E-state index contributed by atoms with van der Waals surface area (Å²) in [6, 6.07) is 0. The van der Waals surface area contributed by atoms with Crippen LogP contribution in [0.3, 0.4) is 0 Å². The second-order valence-electron chi connectivity index (χ2n) is 5.67. The SMILES string of the molecule is CC(C)C1=C(C2=CC=CC2)[C]([Zr])(C(C)C)C=C1.Cl.Cl. The summed E-state index contributed by atoms with van der Waals surface area (Å²) in [7, 11) is 0. The minimum absolute atomic E-state index is 0. The van der Waals surface area contributed by atoms with Gasteiger partial charge in [-0.25, -0.2) is 0 Å². The van der Waals surface area contributed by atoms with Crippen LogP contribution in [0.4, 0.5) is 0 Å². The third-order valence-electron chi connectivity index (χ3n) is 3.85. The van der Waals surface area contributed by atoms with E-state index in [-0.39, 0.29) is 24.8 Å². The molecule has 0 aromatic heterocycles. The van der Waals surface area contributed by atoms with Gasteiger partial charge in [-0.2, -0.15) is 0 Å². The van der Waals surface area contributed by atoms with Crippen molar-refractivity contribution in [2.75, 3.05) is 0 Å². The quantitative estimate of drug-likeness (QED) is 0.600. The average Bonchev–Trinajstić information content (AvgIpc) is 2.84. The van der Waals surface area contributed by atoms with Crippen molar-refractivity contribution < 1.29 is 24.7 Å². The number of halogens is 2. The molecule has 19 heavy (non-hydrogen) atoms. The fourth-order valence-electron chi connectivity index (χ4n) is 2.67. The topological polar surface area (TPSA) is 0 Å². The van der Waals surface area contributed by atoms with Crippen LogP contribution < -0.4 is 0 Å². The molecular weight excluding hydrogens is 354 g/mol. The molecule has 2 aliphatic carbocycles. The first-order valence-corrected chi connectivity index (χ1v) is 7.74. The second kappa shape index (κ2) is 7.44. The van der Waals surface area contributed by atoms with Gasteiger partial charge in [0.15, 0.2) is 0 Å². The molecule has 0 bridgehead atoms. The van der Waals surface area contributed by atoms with Crippen molar-refractivity contribution in [3.63, 3.8) is 0 Å². The fourth-order valence-corrected chi connectivity index (χ4v) is 3.63. The van der Waals surface area contributed by atoms with Crippen molar-refractivity contribution in [3.05, 3.63) is 47.1 Å². The molecule has 1 atom stereocenters. The summed E-state index contributed by atoms with van der Waals surface area (Å²) < 4.78 is 0.310. The van der Waals surface area contributed by atoms with Crippen LogP contribution in [0.1, 0.15) is 34.1 Å². The molecule has 0 radical (unpaired) electrons. The smallest absolute Gasteiger partial charge is 0.147 e. The van der Waals surface area contributed by atoms with Gasteiger partial charge in [0.25, 0.3) is 0 Å². The molecule has 2 aliphatic rings. The fraction of sp³-hybridized carbons (Fsp3) is 0.500. The van der Waals surface area contributed by atoms with Crippen molar-refractivity contribution in [1.82, 2.24) is 0 Å². The van der Waals surface area contributed by atoms with E-state index in [1.807, 2.05) is 0 Å². The summed E-state index contributed by atoms with van der Waals surface area (Å²) in [5.74, 6) is 1.31. The van der Waals surface area contributed by atoms with Crippen molar-refractivity contribution in [2.24, 2.45) is 11.8 Å². The zero-order chi connectivity index (χ0) is 12.6. The Morgan fingerprint density at radius 3 is 2.21 bits per heavy atom. The molecule has 0 heterocycles. The Bertz CT molecular complexity index is 442. The molecule has 0 N–H and O–H groups in total. The van der Waals surface area contributed by atoms with Gasteiger partial charge in [0, 0.05) is 0 Å². The number of allylic oxidation sites excluding steroid dienone is 8. The molecular formula is C16H23Cl2Zr. The molecule has 0 aromatic carbocycles. The van der Waals surface area contributed by atoms with E-state index in [4.69, 9.17) is 0 Å². The standard InChI is InChI=1S/C16H21.2ClH.Zr/c1-11(2)14-9-10-15(12(3)4)16(14)13-7-5-6-8-13;;;/h5-7,9-12H,8H2,1-4H3;2*1H;. The zero-order valence-electron chi connectivity index (χ0n) is 12.1. The Labute approximate surface area is 145 Å². The first-order chi connectivity index (χ1) is 7.97. The van der Waals surface area contributed by atoms with Gasteiger partial charge in [-0.3, -0.25) is 0 Å². The Kier molecular flexibility index (Phi) is 7.60. The van der Waals surface area contributed by atoms with Gasteiger partial charge in [-0.05, 0) is 0 Å². The summed E-state index contributed by atoms with van der Waals surface area (Å²) in [5, 5.41) is 0. The minimum Gasteiger partial charge on any atom is -0.147 e. The Morgan fingerprint density at radius 2 is 1.79 bits per heavy atom. The van der Waals surface area contributed by atoms with E-state index in [0.29, 0.717) is 15.0 Å². The maximum atomic E-state index is 2.46. The molecule has 2 rings (SSSR count). The van der Waals surface area contributed by atoms with Crippen LogP contribution in [0.15, 0.2) is 47.1 Å². The van der Waals surface area contributed by atoms with Gasteiger partial charge in [0.2, 0.25) is 0 Å².